The maximum Gasteiger partial charge on any atom is 0.119 e. The molecule has 2 aromatic rings. The lowest BCUT2D eigenvalue weighted by molar-refractivity contribution is 0.238. The molecule has 0 heterocycles. The first kappa shape index (κ1) is 16.5. The van der Waals surface area contributed by atoms with Gasteiger partial charge in [-0.1, -0.05) is 43.3 Å². The van der Waals surface area contributed by atoms with Gasteiger partial charge in [-0.15, -0.1) is 0 Å². The molecule has 0 aliphatic carbocycles. The zero-order valence-corrected chi connectivity index (χ0v) is 13.4. The number of aliphatic hydroxyl groups excluding tert-OH is 1. The third-order valence-corrected chi connectivity index (χ3v) is 3.89. The monoisotopic (exact) mass is 299 g/mol. The first-order valence-corrected chi connectivity index (χ1v) is 7.83. The van der Waals surface area contributed by atoms with Crippen LogP contribution in [0.2, 0.25) is 0 Å². The van der Waals surface area contributed by atoms with Crippen molar-refractivity contribution in [2.45, 2.75) is 39.5 Å². The van der Waals surface area contributed by atoms with Crippen molar-refractivity contribution in [1.82, 2.24) is 5.32 Å². The summed E-state index contributed by atoms with van der Waals surface area (Å²) in [7, 11) is 0. The topological polar surface area (TPSA) is 41.5 Å². The van der Waals surface area contributed by atoms with Gasteiger partial charge in [0.1, 0.15) is 12.4 Å². The van der Waals surface area contributed by atoms with Crippen LogP contribution < -0.4 is 10.1 Å². The van der Waals surface area contributed by atoms with Crippen LogP contribution in [0, 0.1) is 6.92 Å². The minimum Gasteiger partial charge on any atom is -0.489 e. The van der Waals surface area contributed by atoms with Crippen LogP contribution in [0.25, 0.3) is 0 Å². The Kier molecular flexibility index (Phi) is 6.44. The van der Waals surface area contributed by atoms with E-state index in [4.69, 9.17) is 9.84 Å². The van der Waals surface area contributed by atoms with E-state index >= 15 is 0 Å². The van der Waals surface area contributed by atoms with Crippen molar-refractivity contribution in [2.75, 3.05) is 6.61 Å². The molecule has 0 radical (unpaired) electrons. The molecular formula is C19H25NO2. The second kappa shape index (κ2) is 8.57. The van der Waals surface area contributed by atoms with Gasteiger partial charge in [0, 0.05) is 12.6 Å². The molecule has 0 spiro atoms. The molecule has 0 aliphatic heterocycles. The number of ether oxygens (including phenoxy) is 1. The minimum absolute atomic E-state index is 0.164. The normalized spacial score (nSPS) is 12.1. The highest BCUT2D eigenvalue weighted by atomic mass is 16.5. The number of hydrogen-bond acceptors (Lipinski definition) is 3. The van der Waals surface area contributed by atoms with E-state index < -0.39 is 0 Å². The third-order valence-electron chi connectivity index (χ3n) is 3.89. The highest BCUT2D eigenvalue weighted by Gasteiger charge is 2.04. The van der Waals surface area contributed by atoms with E-state index in [-0.39, 0.29) is 12.6 Å². The largest absolute Gasteiger partial charge is 0.489 e. The third kappa shape index (κ3) is 4.86. The summed E-state index contributed by atoms with van der Waals surface area (Å²) in [5.74, 6) is 0.876. The summed E-state index contributed by atoms with van der Waals surface area (Å²) in [6.45, 7) is 5.69. The number of rotatable bonds is 8. The van der Waals surface area contributed by atoms with E-state index in [0.717, 1.165) is 18.7 Å². The molecule has 0 unspecified atom stereocenters. The minimum atomic E-state index is 0.164. The first-order valence-electron chi connectivity index (χ1n) is 7.83. The van der Waals surface area contributed by atoms with Crippen LogP contribution in [-0.4, -0.2) is 17.8 Å². The van der Waals surface area contributed by atoms with E-state index in [1.807, 2.05) is 24.3 Å². The molecule has 0 fully saturated rings. The molecule has 3 heteroatoms. The lowest BCUT2D eigenvalue weighted by Crippen LogP contribution is -2.31. The van der Waals surface area contributed by atoms with Gasteiger partial charge >= 0.3 is 0 Å². The molecule has 0 amide bonds. The Balaban J connectivity index is 1.85. The summed E-state index contributed by atoms with van der Waals surface area (Å²) in [6.07, 6.45) is 0.925. The van der Waals surface area contributed by atoms with Crippen molar-refractivity contribution in [1.29, 1.82) is 0 Å². The average molecular weight is 299 g/mol. The van der Waals surface area contributed by atoms with Gasteiger partial charge in [0.25, 0.3) is 0 Å². The van der Waals surface area contributed by atoms with Gasteiger partial charge in [0.2, 0.25) is 0 Å². The van der Waals surface area contributed by atoms with Crippen molar-refractivity contribution in [3.05, 3.63) is 65.2 Å². The zero-order valence-electron chi connectivity index (χ0n) is 13.4. The fourth-order valence-electron chi connectivity index (χ4n) is 2.24. The maximum absolute atomic E-state index is 9.17. The molecule has 3 nitrogen and oxygen atoms in total. The summed E-state index contributed by atoms with van der Waals surface area (Å²) in [5.41, 5.74) is 3.65. The summed E-state index contributed by atoms with van der Waals surface area (Å²) < 4.78 is 5.84. The van der Waals surface area contributed by atoms with Crippen molar-refractivity contribution in [3.8, 4) is 5.75 Å². The second-order valence-corrected chi connectivity index (χ2v) is 5.53. The lowest BCUT2D eigenvalue weighted by Gasteiger charge is -2.14. The highest BCUT2D eigenvalue weighted by molar-refractivity contribution is 5.29. The summed E-state index contributed by atoms with van der Waals surface area (Å²) in [4.78, 5) is 0. The number of aryl methyl sites for hydroxylation is 1. The highest BCUT2D eigenvalue weighted by Crippen LogP contribution is 2.16. The predicted molar refractivity (Wildman–Crippen MR) is 90.0 cm³/mol. The van der Waals surface area contributed by atoms with Crippen LogP contribution in [0.15, 0.2) is 48.5 Å². The smallest absolute Gasteiger partial charge is 0.119 e. The van der Waals surface area contributed by atoms with Gasteiger partial charge in [0.05, 0.1) is 6.61 Å². The van der Waals surface area contributed by atoms with Crippen LogP contribution in [0.3, 0.4) is 0 Å². The van der Waals surface area contributed by atoms with Gasteiger partial charge < -0.3 is 15.2 Å². The zero-order chi connectivity index (χ0) is 15.8. The standard InChI is InChI=1S/C19H25NO2/c1-3-18(13-21)20-12-16-8-10-19(11-9-16)22-14-17-7-5-4-6-15(17)2/h4-11,18,20-21H,3,12-14H2,1-2H3/t18-/m1/s1. The van der Waals surface area contributed by atoms with E-state index in [1.54, 1.807) is 0 Å². The Hall–Kier alpha value is -1.84. The Morgan fingerprint density at radius 1 is 1.09 bits per heavy atom. The summed E-state index contributed by atoms with van der Waals surface area (Å²) >= 11 is 0. The van der Waals surface area contributed by atoms with E-state index in [9.17, 15) is 0 Å². The summed E-state index contributed by atoms with van der Waals surface area (Å²) in [6, 6.07) is 16.5. The van der Waals surface area contributed by atoms with Gasteiger partial charge in [-0.05, 0) is 42.2 Å². The number of nitrogens with one attached hydrogen (secondary N) is 1. The van der Waals surface area contributed by atoms with Crippen LogP contribution in [-0.2, 0) is 13.2 Å². The Morgan fingerprint density at radius 2 is 1.82 bits per heavy atom. The van der Waals surface area contributed by atoms with E-state index in [0.29, 0.717) is 6.61 Å². The SMILES string of the molecule is CC[C@H](CO)NCc1ccc(OCc2ccccc2C)cc1. The quantitative estimate of drug-likeness (QED) is 0.784. The Labute approximate surface area is 133 Å². The number of aliphatic hydroxyl groups is 1. The molecule has 0 aromatic heterocycles. The molecule has 2 rings (SSSR count). The van der Waals surface area contributed by atoms with Gasteiger partial charge in [-0.2, -0.15) is 0 Å². The van der Waals surface area contributed by atoms with Gasteiger partial charge in [0.15, 0.2) is 0 Å². The fraction of sp³-hybridized carbons (Fsp3) is 0.368. The molecule has 22 heavy (non-hydrogen) atoms. The molecule has 0 bridgehead atoms. The van der Waals surface area contributed by atoms with Gasteiger partial charge in [-0.25, -0.2) is 0 Å². The van der Waals surface area contributed by atoms with Crippen molar-refractivity contribution < 1.29 is 9.84 Å². The lowest BCUT2D eigenvalue weighted by atomic mass is 10.1. The van der Waals surface area contributed by atoms with Crippen LogP contribution in [0.5, 0.6) is 5.75 Å². The number of benzene rings is 2. The van der Waals surface area contributed by atoms with Crippen LogP contribution >= 0.6 is 0 Å². The number of hydrogen-bond donors (Lipinski definition) is 2. The van der Waals surface area contributed by atoms with Crippen molar-refractivity contribution >= 4 is 0 Å². The fourth-order valence-corrected chi connectivity index (χ4v) is 2.24. The molecule has 0 saturated carbocycles. The molecule has 2 aromatic carbocycles. The van der Waals surface area contributed by atoms with E-state index in [1.165, 1.54) is 16.7 Å². The Bertz CT molecular complexity index is 562. The molecule has 1 atom stereocenters. The molecule has 0 aliphatic rings. The summed E-state index contributed by atoms with van der Waals surface area (Å²) in [5, 5.41) is 12.5. The van der Waals surface area contributed by atoms with Crippen LogP contribution in [0.1, 0.15) is 30.0 Å². The van der Waals surface area contributed by atoms with Crippen LogP contribution in [0.4, 0.5) is 0 Å². The molecule has 0 saturated heterocycles. The molecule has 118 valence electrons. The maximum atomic E-state index is 9.17. The van der Waals surface area contributed by atoms with Gasteiger partial charge in [-0.3, -0.25) is 0 Å². The predicted octanol–water partition coefficient (Wildman–Crippen LogP) is 3.43. The molecule has 2 N–H and O–H groups in total. The molecular weight excluding hydrogens is 274 g/mol. The van der Waals surface area contributed by atoms with E-state index in [2.05, 4.69) is 43.4 Å². The first-order chi connectivity index (χ1) is 10.7. The average Bonchev–Trinajstić information content (AvgIpc) is 2.56. The van der Waals surface area contributed by atoms with Crippen molar-refractivity contribution in [2.24, 2.45) is 0 Å². The van der Waals surface area contributed by atoms with Crippen molar-refractivity contribution in [3.63, 3.8) is 0 Å². The second-order valence-electron chi connectivity index (χ2n) is 5.53. The Morgan fingerprint density at radius 3 is 2.45 bits per heavy atom.